The zero-order valence-corrected chi connectivity index (χ0v) is 10.7. The molecule has 0 unspecified atom stereocenters. The van der Waals surface area contributed by atoms with Crippen molar-refractivity contribution < 1.29 is 0 Å². The van der Waals surface area contributed by atoms with Gasteiger partial charge in [-0.15, -0.1) is 5.10 Å². The monoisotopic (exact) mass is 270 g/mol. The number of anilines is 1. The summed E-state index contributed by atoms with van der Waals surface area (Å²) in [5.41, 5.74) is 9.09. The molecular formula is C14H11ClN4. The van der Waals surface area contributed by atoms with Crippen molar-refractivity contribution in [1.82, 2.24) is 15.0 Å². The topological polar surface area (TPSA) is 56.7 Å². The van der Waals surface area contributed by atoms with Gasteiger partial charge in [-0.3, -0.25) is 0 Å². The third-order valence-electron chi connectivity index (χ3n) is 2.77. The quantitative estimate of drug-likeness (QED) is 0.728. The van der Waals surface area contributed by atoms with Crippen LogP contribution >= 0.6 is 11.6 Å². The summed E-state index contributed by atoms with van der Waals surface area (Å²) in [6.45, 7) is 0. The van der Waals surface area contributed by atoms with Gasteiger partial charge in [0.1, 0.15) is 5.69 Å². The fourth-order valence-electron chi connectivity index (χ4n) is 1.81. The molecule has 0 aliphatic carbocycles. The molecular weight excluding hydrogens is 260 g/mol. The molecule has 0 aliphatic rings. The van der Waals surface area contributed by atoms with Crippen molar-refractivity contribution in [3.63, 3.8) is 0 Å². The van der Waals surface area contributed by atoms with Crippen molar-refractivity contribution in [3.8, 4) is 16.9 Å². The lowest BCUT2D eigenvalue weighted by molar-refractivity contribution is 0.804. The summed E-state index contributed by atoms with van der Waals surface area (Å²) >= 11 is 5.86. The molecule has 5 heteroatoms. The second-order valence-corrected chi connectivity index (χ2v) is 4.59. The van der Waals surface area contributed by atoms with Crippen molar-refractivity contribution in [2.45, 2.75) is 0 Å². The molecule has 0 saturated carbocycles. The molecule has 0 aliphatic heterocycles. The van der Waals surface area contributed by atoms with Crippen LogP contribution < -0.4 is 5.73 Å². The Kier molecular flexibility index (Phi) is 2.93. The molecule has 2 aromatic carbocycles. The van der Waals surface area contributed by atoms with Crippen LogP contribution in [-0.2, 0) is 0 Å². The van der Waals surface area contributed by atoms with Crippen molar-refractivity contribution in [2.24, 2.45) is 0 Å². The zero-order valence-electron chi connectivity index (χ0n) is 9.99. The van der Waals surface area contributed by atoms with Gasteiger partial charge in [-0.2, -0.15) is 0 Å². The minimum atomic E-state index is 0.695. The summed E-state index contributed by atoms with van der Waals surface area (Å²) in [7, 11) is 0. The number of aromatic nitrogens is 3. The van der Waals surface area contributed by atoms with Crippen LogP contribution in [0.3, 0.4) is 0 Å². The summed E-state index contributed by atoms with van der Waals surface area (Å²) in [6.07, 6.45) is 1.86. The third-order valence-corrected chi connectivity index (χ3v) is 3.02. The van der Waals surface area contributed by atoms with Gasteiger partial charge in [0.25, 0.3) is 0 Å². The number of hydrogen-bond acceptors (Lipinski definition) is 3. The second kappa shape index (κ2) is 4.74. The van der Waals surface area contributed by atoms with Crippen LogP contribution in [0.2, 0.25) is 5.02 Å². The smallest absolute Gasteiger partial charge is 0.113 e. The number of hydrogen-bond donors (Lipinski definition) is 1. The molecule has 0 fully saturated rings. The van der Waals surface area contributed by atoms with Crippen LogP contribution in [0, 0.1) is 0 Å². The van der Waals surface area contributed by atoms with Gasteiger partial charge in [-0.1, -0.05) is 35.0 Å². The number of benzene rings is 2. The van der Waals surface area contributed by atoms with E-state index in [0.717, 1.165) is 16.9 Å². The highest BCUT2D eigenvalue weighted by molar-refractivity contribution is 6.30. The SMILES string of the molecule is Nc1cccc(-n2cc(-c3ccc(Cl)cc3)nn2)c1. The van der Waals surface area contributed by atoms with Gasteiger partial charge in [0, 0.05) is 16.3 Å². The van der Waals surface area contributed by atoms with Gasteiger partial charge in [-0.25, -0.2) is 4.68 Å². The molecule has 4 nitrogen and oxygen atoms in total. The van der Waals surface area contributed by atoms with E-state index < -0.39 is 0 Å². The molecule has 0 bridgehead atoms. The lowest BCUT2D eigenvalue weighted by Crippen LogP contribution is -1.95. The second-order valence-electron chi connectivity index (χ2n) is 4.15. The number of nitrogens with two attached hydrogens (primary N) is 1. The first-order chi connectivity index (χ1) is 9.22. The van der Waals surface area contributed by atoms with E-state index in [-0.39, 0.29) is 0 Å². The molecule has 2 N–H and O–H groups in total. The molecule has 1 aromatic heterocycles. The van der Waals surface area contributed by atoms with Crippen molar-refractivity contribution >= 4 is 17.3 Å². The first kappa shape index (κ1) is 11.7. The molecule has 0 radical (unpaired) electrons. The number of halogens is 1. The molecule has 0 atom stereocenters. The molecule has 3 rings (SSSR count). The van der Waals surface area contributed by atoms with Crippen LogP contribution in [-0.4, -0.2) is 15.0 Å². The Morgan fingerprint density at radius 1 is 1.05 bits per heavy atom. The van der Waals surface area contributed by atoms with E-state index >= 15 is 0 Å². The number of rotatable bonds is 2. The van der Waals surface area contributed by atoms with Crippen LogP contribution in [0.4, 0.5) is 5.69 Å². The minimum Gasteiger partial charge on any atom is -0.399 e. The van der Waals surface area contributed by atoms with Crippen LogP contribution in [0.25, 0.3) is 16.9 Å². The maximum absolute atomic E-state index is 5.86. The molecule has 0 saturated heterocycles. The summed E-state index contributed by atoms with van der Waals surface area (Å²) in [4.78, 5) is 0. The maximum atomic E-state index is 5.86. The zero-order chi connectivity index (χ0) is 13.2. The van der Waals surface area contributed by atoms with E-state index in [0.29, 0.717) is 10.7 Å². The van der Waals surface area contributed by atoms with Crippen molar-refractivity contribution in [2.75, 3.05) is 5.73 Å². The maximum Gasteiger partial charge on any atom is 0.113 e. The Labute approximate surface area is 115 Å². The summed E-state index contributed by atoms with van der Waals surface area (Å²) in [5.74, 6) is 0. The van der Waals surface area contributed by atoms with E-state index in [1.54, 1.807) is 4.68 Å². The highest BCUT2D eigenvalue weighted by atomic mass is 35.5. The van der Waals surface area contributed by atoms with E-state index in [1.807, 2.05) is 54.7 Å². The summed E-state index contributed by atoms with van der Waals surface area (Å²) in [6, 6.07) is 15.0. The average Bonchev–Trinajstić information content (AvgIpc) is 2.89. The predicted molar refractivity (Wildman–Crippen MR) is 76.2 cm³/mol. The van der Waals surface area contributed by atoms with Crippen molar-refractivity contribution in [1.29, 1.82) is 0 Å². The van der Waals surface area contributed by atoms with Gasteiger partial charge in [0.15, 0.2) is 0 Å². The first-order valence-electron chi connectivity index (χ1n) is 5.76. The largest absolute Gasteiger partial charge is 0.399 e. The van der Waals surface area contributed by atoms with Gasteiger partial charge in [-0.05, 0) is 30.3 Å². The highest BCUT2D eigenvalue weighted by Crippen LogP contribution is 2.20. The fraction of sp³-hybridized carbons (Fsp3) is 0. The van der Waals surface area contributed by atoms with E-state index in [1.165, 1.54) is 0 Å². The highest BCUT2D eigenvalue weighted by Gasteiger charge is 2.05. The number of nitrogen functional groups attached to an aromatic ring is 1. The van der Waals surface area contributed by atoms with Gasteiger partial charge < -0.3 is 5.73 Å². The van der Waals surface area contributed by atoms with Crippen molar-refractivity contribution in [3.05, 3.63) is 59.8 Å². The molecule has 1 heterocycles. The summed E-state index contributed by atoms with van der Waals surface area (Å²) < 4.78 is 1.69. The van der Waals surface area contributed by atoms with Gasteiger partial charge in [0.2, 0.25) is 0 Å². The first-order valence-corrected chi connectivity index (χ1v) is 6.14. The standard InChI is InChI=1S/C14H11ClN4/c15-11-6-4-10(5-7-11)14-9-19(18-17-14)13-3-1-2-12(16)8-13/h1-9H,16H2. The molecule has 19 heavy (non-hydrogen) atoms. The van der Waals surface area contributed by atoms with E-state index in [2.05, 4.69) is 10.3 Å². The lowest BCUT2D eigenvalue weighted by Gasteiger charge is -2.00. The van der Waals surface area contributed by atoms with Gasteiger partial charge in [0.05, 0.1) is 11.9 Å². The Hall–Kier alpha value is -2.33. The predicted octanol–water partition coefficient (Wildman–Crippen LogP) is 3.17. The number of nitrogens with zero attached hydrogens (tertiary/aromatic N) is 3. The molecule has 0 amide bonds. The Bertz CT molecular complexity index is 703. The Morgan fingerprint density at radius 3 is 2.58 bits per heavy atom. The van der Waals surface area contributed by atoms with E-state index in [9.17, 15) is 0 Å². The third kappa shape index (κ3) is 2.44. The average molecular weight is 271 g/mol. The molecule has 0 spiro atoms. The lowest BCUT2D eigenvalue weighted by atomic mass is 10.2. The van der Waals surface area contributed by atoms with E-state index in [4.69, 9.17) is 17.3 Å². The normalized spacial score (nSPS) is 10.6. The molecule has 94 valence electrons. The van der Waals surface area contributed by atoms with Gasteiger partial charge >= 0.3 is 0 Å². The minimum absolute atomic E-state index is 0.695. The fourth-order valence-corrected chi connectivity index (χ4v) is 1.94. The summed E-state index contributed by atoms with van der Waals surface area (Å²) in [5, 5.41) is 8.96. The Balaban J connectivity index is 1.97. The van der Waals surface area contributed by atoms with Crippen LogP contribution in [0.1, 0.15) is 0 Å². The van der Waals surface area contributed by atoms with Crippen LogP contribution in [0.15, 0.2) is 54.7 Å². The molecule has 3 aromatic rings. The Morgan fingerprint density at radius 2 is 1.84 bits per heavy atom. The van der Waals surface area contributed by atoms with Crippen LogP contribution in [0.5, 0.6) is 0 Å².